The molecule has 1 atom stereocenters. The normalized spacial score (nSPS) is 17.3. The van der Waals surface area contributed by atoms with Gasteiger partial charge in [-0.2, -0.15) is 0 Å². The van der Waals surface area contributed by atoms with Crippen LogP contribution in [-0.4, -0.2) is 74.0 Å². The number of ether oxygens (including phenoxy) is 1. The number of anilines is 1. The number of hydrogen-bond donors (Lipinski definition) is 1. The van der Waals surface area contributed by atoms with Gasteiger partial charge in [-0.3, -0.25) is 9.59 Å². The first-order chi connectivity index (χ1) is 16.7. The number of likely N-dealkylation sites (tertiary alicyclic amines) is 1. The fourth-order valence-corrected chi connectivity index (χ4v) is 4.98. The Labute approximate surface area is 216 Å². The number of amides is 1. The van der Waals surface area contributed by atoms with Gasteiger partial charge in [-0.1, -0.05) is 12.1 Å². The number of halogens is 1. The number of aliphatic hydroxyl groups excluding tert-OH is 1. The summed E-state index contributed by atoms with van der Waals surface area (Å²) < 4.78 is 5.92. The highest BCUT2D eigenvalue weighted by Gasteiger charge is 2.45. The highest BCUT2D eigenvalue weighted by molar-refractivity contribution is 9.10. The monoisotopic (exact) mass is 543 g/mol. The van der Waals surface area contributed by atoms with Gasteiger partial charge in [0.15, 0.2) is 0 Å². The number of methoxy groups -OCH3 is 1. The maximum atomic E-state index is 13.2. The van der Waals surface area contributed by atoms with Gasteiger partial charge in [0.05, 0.1) is 23.2 Å². The number of aliphatic hydroxyl groups is 1. The Bertz CT molecular complexity index is 1090. The number of carbonyl (C=O) groups is 2. The summed E-state index contributed by atoms with van der Waals surface area (Å²) in [6.07, 6.45) is 0.710. The molecule has 1 fully saturated rings. The minimum absolute atomic E-state index is 0.104. The summed E-state index contributed by atoms with van der Waals surface area (Å²) in [5.74, 6) is -0.846. The molecule has 1 aliphatic heterocycles. The van der Waals surface area contributed by atoms with Crippen LogP contribution in [0.1, 0.15) is 37.4 Å². The van der Waals surface area contributed by atoms with E-state index >= 15 is 0 Å². The van der Waals surface area contributed by atoms with E-state index in [-0.39, 0.29) is 11.3 Å². The molecule has 2 aromatic carbocycles. The molecule has 188 valence electrons. The van der Waals surface area contributed by atoms with Crippen molar-refractivity contribution >= 4 is 39.1 Å². The maximum Gasteiger partial charge on any atom is 0.295 e. The van der Waals surface area contributed by atoms with E-state index in [4.69, 9.17) is 4.74 Å². The summed E-state index contributed by atoms with van der Waals surface area (Å²) >= 11 is 3.44. The van der Waals surface area contributed by atoms with E-state index in [1.54, 1.807) is 30.2 Å². The maximum absolute atomic E-state index is 13.2. The lowest BCUT2D eigenvalue weighted by Gasteiger charge is -2.27. The number of hydrogen-bond acceptors (Lipinski definition) is 6. The molecule has 1 heterocycles. The van der Waals surface area contributed by atoms with Crippen LogP contribution in [0.15, 0.2) is 52.5 Å². The Morgan fingerprint density at radius 1 is 1.09 bits per heavy atom. The molecule has 1 amide bonds. The van der Waals surface area contributed by atoms with Gasteiger partial charge in [-0.25, -0.2) is 0 Å². The minimum Gasteiger partial charge on any atom is -0.507 e. The zero-order chi connectivity index (χ0) is 25.7. The summed E-state index contributed by atoms with van der Waals surface area (Å²) in [5, 5.41) is 11.3. The highest BCUT2D eigenvalue weighted by atomic mass is 79.9. The summed E-state index contributed by atoms with van der Waals surface area (Å²) in [6, 6.07) is 12.3. The van der Waals surface area contributed by atoms with Gasteiger partial charge in [0.1, 0.15) is 11.5 Å². The fourth-order valence-electron chi connectivity index (χ4n) is 4.44. The van der Waals surface area contributed by atoms with Crippen molar-refractivity contribution in [2.75, 3.05) is 52.3 Å². The molecule has 1 saturated heterocycles. The van der Waals surface area contributed by atoms with Crippen LogP contribution in [-0.2, 0) is 9.59 Å². The van der Waals surface area contributed by atoms with Crippen molar-refractivity contribution in [1.29, 1.82) is 0 Å². The predicted octanol–water partition coefficient (Wildman–Crippen LogP) is 4.68. The SMILES string of the molecule is CCN(CC)c1ccc(C2/C(=C(/O)c3ccc(OC)c(Br)c3)C(=O)C(=O)N2CCCN(C)C)cc1. The topological polar surface area (TPSA) is 73.3 Å². The van der Waals surface area contributed by atoms with Crippen LogP contribution in [0.4, 0.5) is 5.69 Å². The molecular weight excluding hydrogens is 510 g/mol. The molecule has 0 spiro atoms. The smallest absolute Gasteiger partial charge is 0.295 e. The Morgan fingerprint density at radius 2 is 1.74 bits per heavy atom. The van der Waals surface area contributed by atoms with E-state index < -0.39 is 17.7 Å². The molecule has 35 heavy (non-hydrogen) atoms. The Hall–Kier alpha value is -2.84. The second kappa shape index (κ2) is 11.7. The molecule has 0 radical (unpaired) electrons. The Balaban J connectivity index is 2.09. The number of rotatable bonds is 10. The summed E-state index contributed by atoms with van der Waals surface area (Å²) in [6.45, 7) is 7.15. The van der Waals surface area contributed by atoms with Crippen LogP contribution in [0.25, 0.3) is 5.76 Å². The van der Waals surface area contributed by atoms with Gasteiger partial charge in [0.25, 0.3) is 11.7 Å². The largest absolute Gasteiger partial charge is 0.507 e. The summed E-state index contributed by atoms with van der Waals surface area (Å²) in [7, 11) is 5.50. The highest BCUT2D eigenvalue weighted by Crippen LogP contribution is 2.40. The second-order valence-electron chi connectivity index (χ2n) is 8.76. The molecule has 0 aliphatic carbocycles. The average molecular weight is 544 g/mol. The fraction of sp³-hybridized carbons (Fsp3) is 0.407. The van der Waals surface area contributed by atoms with Crippen molar-refractivity contribution in [2.45, 2.75) is 26.3 Å². The van der Waals surface area contributed by atoms with Crippen molar-refractivity contribution in [3.8, 4) is 5.75 Å². The molecule has 0 saturated carbocycles. The van der Waals surface area contributed by atoms with Gasteiger partial charge >= 0.3 is 0 Å². The number of ketones is 1. The molecular formula is C27H34BrN3O4. The lowest BCUT2D eigenvalue weighted by atomic mass is 9.95. The Morgan fingerprint density at radius 3 is 2.29 bits per heavy atom. The van der Waals surface area contributed by atoms with E-state index in [1.807, 2.05) is 43.3 Å². The summed E-state index contributed by atoms with van der Waals surface area (Å²) in [5.41, 5.74) is 2.41. The van der Waals surface area contributed by atoms with E-state index in [2.05, 4.69) is 34.7 Å². The molecule has 1 aliphatic rings. The summed E-state index contributed by atoms with van der Waals surface area (Å²) in [4.78, 5) is 32.2. The predicted molar refractivity (Wildman–Crippen MR) is 143 cm³/mol. The molecule has 0 bridgehead atoms. The first-order valence-electron chi connectivity index (χ1n) is 11.8. The molecule has 1 unspecified atom stereocenters. The first kappa shape index (κ1) is 26.8. The van der Waals surface area contributed by atoms with Crippen molar-refractivity contribution < 1.29 is 19.4 Å². The van der Waals surface area contributed by atoms with Crippen LogP contribution in [0.3, 0.4) is 0 Å². The van der Waals surface area contributed by atoms with E-state index in [0.717, 1.165) is 30.9 Å². The number of benzene rings is 2. The molecule has 0 aromatic heterocycles. The molecule has 3 rings (SSSR count). The van der Waals surface area contributed by atoms with E-state index in [1.165, 1.54) is 0 Å². The minimum atomic E-state index is -0.669. The average Bonchev–Trinajstić information content (AvgIpc) is 3.09. The van der Waals surface area contributed by atoms with Crippen LogP contribution < -0.4 is 9.64 Å². The molecule has 2 aromatic rings. The first-order valence-corrected chi connectivity index (χ1v) is 12.6. The standard InChI is InChI=1S/C27H34BrN3O4/c1-6-30(7-2)20-12-9-18(10-13-20)24-23(25(32)19-11-14-22(35-5)21(28)17-19)26(33)27(34)31(24)16-8-15-29(3)4/h9-14,17,24,32H,6-8,15-16H2,1-5H3/b25-23-. The third-order valence-electron chi connectivity index (χ3n) is 6.31. The van der Waals surface area contributed by atoms with Crippen LogP contribution in [0, 0.1) is 0 Å². The quantitative estimate of drug-likeness (QED) is 0.266. The third kappa shape index (κ3) is 5.70. The molecule has 8 heteroatoms. The zero-order valence-electron chi connectivity index (χ0n) is 21.0. The van der Waals surface area contributed by atoms with Gasteiger partial charge < -0.3 is 24.5 Å². The Kier molecular flexibility index (Phi) is 8.97. The number of nitrogens with zero attached hydrogens (tertiary/aromatic N) is 3. The van der Waals surface area contributed by atoms with Crippen molar-refractivity contribution in [3.63, 3.8) is 0 Å². The van der Waals surface area contributed by atoms with Gasteiger partial charge in [0.2, 0.25) is 0 Å². The zero-order valence-corrected chi connectivity index (χ0v) is 22.6. The van der Waals surface area contributed by atoms with E-state index in [0.29, 0.717) is 28.8 Å². The van der Waals surface area contributed by atoms with Crippen molar-refractivity contribution in [3.05, 3.63) is 63.6 Å². The van der Waals surface area contributed by atoms with Crippen LogP contribution in [0.5, 0.6) is 5.75 Å². The van der Waals surface area contributed by atoms with Gasteiger partial charge in [-0.15, -0.1) is 0 Å². The lowest BCUT2D eigenvalue weighted by molar-refractivity contribution is -0.139. The second-order valence-corrected chi connectivity index (χ2v) is 9.62. The van der Waals surface area contributed by atoms with Gasteiger partial charge in [-0.05, 0) is 92.7 Å². The van der Waals surface area contributed by atoms with Crippen molar-refractivity contribution in [2.24, 2.45) is 0 Å². The molecule has 7 nitrogen and oxygen atoms in total. The molecule has 1 N–H and O–H groups in total. The third-order valence-corrected chi connectivity index (χ3v) is 6.93. The van der Waals surface area contributed by atoms with Crippen LogP contribution >= 0.6 is 15.9 Å². The lowest BCUT2D eigenvalue weighted by Crippen LogP contribution is -2.32. The number of Topliss-reactive ketones (excluding diaryl/α,β-unsaturated/α-hetero) is 1. The van der Waals surface area contributed by atoms with Gasteiger partial charge in [0, 0.05) is 30.9 Å². The van der Waals surface area contributed by atoms with E-state index in [9.17, 15) is 14.7 Å². The number of carbonyl (C=O) groups excluding carboxylic acids is 2. The van der Waals surface area contributed by atoms with Crippen molar-refractivity contribution in [1.82, 2.24) is 9.80 Å². The van der Waals surface area contributed by atoms with Crippen LogP contribution in [0.2, 0.25) is 0 Å².